The zero-order valence-corrected chi connectivity index (χ0v) is 16.5. The highest BCUT2D eigenvalue weighted by molar-refractivity contribution is 6.46. The van der Waals surface area contributed by atoms with Crippen molar-refractivity contribution < 1.29 is 13.6 Å². The van der Waals surface area contributed by atoms with E-state index in [1.54, 1.807) is 12.1 Å². The molecule has 2 aromatic rings. The molecule has 0 bridgehead atoms. The predicted octanol–water partition coefficient (Wildman–Crippen LogP) is 4.10. The van der Waals surface area contributed by atoms with E-state index < -0.39 is 11.6 Å². The molecule has 0 aliphatic carbocycles. The van der Waals surface area contributed by atoms with Crippen LogP contribution in [0.1, 0.15) is 43.4 Å². The molecule has 0 aromatic heterocycles. The third-order valence-electron chi connectivity index (χ3n) is 5.72. The SMILES string of the molecule is C[C@@H]1N=C(C(=O)NCCN2CCCCC2)c2cc(-c3cccc(F)c3F)ccc21. The van der Waals surface area contributed by atoms with E-state index in [1.165, 1.54) is 31.4 Å². The normalized spacial score (nSPS) is 19.0. The second kappa shape index (κ2) is 8.41. The van der Waals surface area contributed by atoms with E-state index in [1.807, 2.05) is 13.0 Å². The molecule has 2 aliphatic heterocycles. The lowest BCUT2D eigenvalue weighted by atomic mass is 9.95. The summed E-state index contributed by atoms with van der Waals surface area (Å²) in [5.74, 6) is -1.99. The van der Waals surface area contributed by atoms with E-state index in [4.69, 9.17) is 0 Å². The van der Waals surface area contributed by atoms with Gasteiger partial charge in [-0.3, -0.25) is 9.79 Å². The van der Waals surface area contributed by atoms with Gasteiger partial charge < -0.3 is 10.2 Å². The van der Waals surface area contributed by atoms with Crippen molar-refractivity contribution >= 4 is 11.6 Å². The topological polar surface area (TPSA) is 44.7 Å². The van der Waals surface area contributed by atoms with E-state index in [-0.39, 0.29) is 17.5 Å². The summed E-state index contributed by atoms with van der Waals surface area (Å²) in [6.45, 7) is 5.49. The van der Waals surface area contributed by atoms with Crippen molar-refractivity contribution in [3.05, 3.63) is 59.2 Å². The smallest absolute Gasteiger partial charge is 0.270 e. The first-order valence-corrected chi connectivity index (χ1v) is 10.2. The number of rotatable bonds is 5. The van der Waals surface area contributed by atoms with Crippen LogP contribution in [0.3, 0.4) is 0 Å². The van der Waals surface area contributed by atoms with Crippen LogP contribution in [0.25, 0.3) is 11.1 Å². The summed E-state index contributed by atoms with van der Waals surface area (Å²) in [6.07, 6.45) is 3.71. The third-order valence-corrected chi connectivity index (χ3v) is 5.72. The molecule has 6 heteroatoms. The predicted molar refractivity (Wildman–Crippen MR) is 110 cm³/mol. The molecule has 0 saturated carbocycles. The molecule has 1 atom stereocenters. The average molecular weight is 397 g/mol. The number of nitrogens with zero attached hydrogens (tertiary/aromatic N) is 2. The highest BCUT2D eigenvalue weighted by Crippen LogP contribution is 2.34. The van der Waals surface area contributed by atoms with Gasteiger partial charge >= 0.3 is 0 Å². The van der Waals surface area contributed by atoms with E-state index >= 15 is 0 Å². The van der Waals surface area contributed by atoms with E-state index in [0.29, 0.717) is 23.4 Å². The summed E-state index contributed by atoms with van der Waals surface area (Å²) < 4.78 is 27.9. The molecule has 2 aromatic carbocycles. The molecule has 1 fully saturated rings. The fraction of sp³-hybridized carbons (Fsp3) is 0.391. The second-order valence-corrected chi connectivity index (χ2v) is 7.72. The van der Waals surface area contributed by atoms with Crippen LogP contribution in [-0.2, 0) is 4.79 Å². The summed E-state index contributed by atoms with van der Waals surface area (Å²) >= 11 is 0. The minimum Gasteiger partial charge on any atom is -0.349 e. The van der Waals surface area contributed by atoms with Crippen molar-refractivity contribution in [1.82, 2.24) is 10.2 Å². The van der Waals surface area contributed by atoms with Gasteiger partial charge in [-0.2, -0.15) is 0 Å². The Morgan fingerprint density at radius 2 is 1.93 bits per heavy atom. The fourth-order valence-corrected chi connectivity index (χ4v) is 4.13. The highest BCUT2D eigenvalue weighted by atomic mass is 19.2. The molecule has 152 valence electrons. The zero-order chi connectivity index (χ0) is 20.4. The van der Waals surface area contributed by atoms with Crippen LogP contribution in [-0.4, -0.2) is 42.7 Å². The Bertz CT molecular complexity index is 951. The number of hydrogen-bond acceptors (Lipinski definition) is 3. The maximum Gasteiger partial charge on any atom is 0.270 e. The Balaban J connectivity index is 1.51. The molecular formula is C23H25F2N3O. The Morgan fingerprint density at radius 3 is 2.72 bits per heavy atom. The van der Waals surface area contributed by atoms with Crippen molar-refractivity contribution in [3.63, 3.8) is 0 Å². The molecular weight excluding hydrogens is 372 g/mol. The van der Waals surface area contributed by atoms with Gasteiger partial charge in [0.05, 0.1) is 6.04 Å². The summed E-state index contributed by atoms with van der Waals surface area (Å²) in [5.41, 5.74) is 2.69. The number of fused-ring (bicyclic) bond motifs is 1. The molecule has 0 radical (unpaired) electrons. The Hall–Kier alpha value is -2.60. The molecule has 0 spiro atoms. The van der Waals surface area contributed by atoms with Gasteiger partial charge in [0.2, 0.25) is 0 Å². The highest BCUT2D eigenvalue weighted by Gasteiger charge is 2.27. The second-order valence-electron chi connectivity index (χ2n) is 7.72. The lowest BCUT2D eigenvalue weighted by molar-refractivity contribution is -0.114. The summed E-state index contributed by atoms with van der Waals surface area (Å²) in [4.78, 5) is 19.7. The fourth-order valence-electron chi connectivity index (χ4n) is 4.13. The molecule has 2 aliphatic rings. The van der Waals surface area contributed by atoms with Crippen molar-refractivity contribution in [2.45, 2.75) is 32.2 Å². The number of likely N-dealkylation sites (tertiary alicyclic amines) is 1. The van der Waals surface area contributed by atoms with Crippen molar-refractivity contribution in [1.29, 1.82) is 0 Å². The van der Waals surface area contributed by atoms with Gasteiger partial charge in [-0.15, -0.1) is 0 Å². The van der Waals surface area contributed by atoms with Crippen molar-refractivity contribution in [3.8, 4) is 11.1 Å². The zero-order valence-electron chi connectivity index (χ0n) is 16.5. The van der Waals surface area contributed by atoms with Gasteiger partial charge in [-0.05, 0) is 56.1 Å². The van der Waals surface area contributed by atoms with Gasteiger partial charge in [-0.1, -0.05) is 30.7 Å². The number of piperidine rings is 1. The lowest BCUT2D eigenvalue weighted by Gasteiger charge is -2.26. The van der Waals surface area contributed by atoms with Crippen LogP contribution in [0.4, 0.5) is 8.78 Å². The average Bonchev–Trinajstić information content (AvgIpc) is 3.07. The van der Waals surface area contributed by atoms with Crippen LogP contribution in [0.2, 0.25) is 0 Å². The standard InChI is InChI=1S/C23H25F2N3O/c1-15-17-9-8-16(18-6-5-7-20(24)21(18)25)14-19(17)22(27-15)23(29)26-10-13-28-11-3-2-4-12-28/h5-9,14-15H,2-4,10-13H2,1H3,(H,26,29)/t15-/m0/s1. The van der Waals surface area contributed by atoms with E-state index in [9.17, 15) is 13.6 Å². The van der Waals surface area contributed by atoms with E-state index in [2.05, 4.69) is 15.2 Å². The van der Waals surface area contributed by atoms with Gasteiger partial charge in [0.15, 0.2) is 11.6 Å². The number of halogens is 2. The molecule has 1 saturated heterocycles. The number of carbonyl (C=O) groups is 1. The first-order chi connectivity index (χ1) is 14.0. The molecule has 0 unspecified atom stereocenters. The van der Waals surface area contributed by atoms with Crippen LogP contribution in [0.15, 0.2) is 41.4 Å². The van der Waals surface area contributed by atoms with Crippen LogP contribution in [0.5, 0.6) is 0 Å². The van der Waals surface area contributed by atoms with Crippen LogP contribution < -0.4 is 5.32 Å². The monoisotopic (exact) mass is 397 g/mol. The molecule has 4 rings (SSSR count). The molecule has 2 heterocycles. The lowest BCUT2D eigenvalue weighted by Crippen LogP contribution is -2.39. The van der Waals surface area contributed by atoms with Crippen molar-refractivity contribution in [2.75, 3.05) is 26.2 Å². The van der Waals surface area contributed by atoms with Gasteiger partial charge in [0.25, 0.3) is 5.91 Å². The minimum absolute atomic E-state index is 0.140. The van der Waals surface area contributed by atoms with E-state index in [0.717, 1.165) is 31.3 Å². The maximum absolute atomic E-state index is 14.2. The number of amides is 1. The molecule has 29 heavy (non-hydrogen) atoms. The van der Waals surface area contributed by atoms with Gasteiger partial charge in [-0.25, -0.2) is 8.78 Å². The first kappa shape index (κ1) is 19.7. The third kappa shape index (κ3) is 4.08. The largest absolute Gasteiger partial charge is 0.349 e. The Labute approximate surface area is 169 Å². The van der Waals surface area contributed by atoms with Crippen molar-refractivity contribution in [2.24, 2.45) is 4.99 Å². The summed E-state index contributed by atoms with van der Waals surface area (Å²) in [7, 11) is 0. The van der Waals surface area contributed by atoms with Gasteiger partial charge in [0, 0.05) is 24.2 Å². The minimum atomic E-state index is -0.888. The number of nitrogens with one attached hydrogen (secondary N) is 1. The molecule has 1 amide bonds. The Morgan fingerprint density at radius 1 is 1.14 bits per heavy atom. The maximum atomic E-state index is 14.2. The summed E-state index contributed by atoms with van der Waals surface area (Å²) in [5, 5.41) is 2.97. The number of benzene rings is 2. The first-order valence-electron chi connectivity index (χ1n) is 10.2. The van der Waals surface area contributed by atoms with Crippen LogP contribution >= 0.6 is 0 Å². The summed E-state index contributed by atoms with van der Waals surface area (Å²) in [6, 6.07) is 9.30. The van der Waals surface area contributed by atoms with Gasteiger partial charge in [0.1, 0.15) is 5.71 Å². The number of hydrogen-bond donors (Lipinski definition) is 1. The number of aliphatic imine (C=N–C) groups is 1. The molecule has 1 N–H and O–H groups in total. The number of carbonyl (C=O) groups excluding carboxylic acids is 1. The quantitative estimate of drug-likeness (QED) is 0.826. The Kier molecular flexibility index (Phi) is 5.72. The van der Waals surface area contributed by atoms with Crippen LogP contribution in [0, 0.1) is 11.6 Å². The molecule has 4 nitrogen and oxygen atoms in total.